The second kappa shape index (κ2) is 21.0. The van der Waals surface area contributed by atoms with Crippen LogP contribution in [-0.4, -0.2) is 80.0 Å². The number of aliphatic carboxylic acids is 1. The summed E-state index contributed by atoms with van der Waals surface area (Å²) < 4.78 is 0. The van der Waals surface area contributed by atoms with Gasteiger partial charge in [-0.2, -0.15) is 0 Å². The topological polar surface area (TPSA) is 37.3 Å². The first-order valence-corrected chi connectivity index (χ1v) is 8.33. The monoisotopic (exact) mass is 413 g/mol. The van der Waals surface area contributed by atoms with Crippen LogP contribution in [0, 0.1) is 0 Å². The number of hydrogen-bond donors (Lipinski definition) is 1. The van der Waals surface area contributed by atoms with Crippen molar-refractivity contribution in [2.45, 2.75) is 84.0 Å². The second-order valence-corrected chi connectivity index (χ2v) is 5.45. The Morgan fingerprint density at radius 1 is 0.810 bits per heavy atom. The van der Waals surface area contributed by atoms with Gasteiger partial charge in [0, 0.05) is 75.0 Å². The van der Waals surface area contributed by atoms with Crippen molar-refractivity contribution >= 4 is 74.9 Å². The average molecular weight is 413 g/mol. The summed E-state index contributed by atoms with van der Waals surface area (Å²) in [7, 11) is 0. The first-order valence-electron chi connectivity index (χ1n) is 8.33. The Kier molecular flexibility index (Phi) is 24.3. The quantitative estimate of drug-likeness (QED) is 0.232. The summed E-state index contributed by atoms with van der Waals surface area (Å²) in [6, 6.07) is 0. The molecule has 21 heavy (non-hydrogen) atoms. The number of carboxylic acids is 1. The van der Waals surface area contributed by atoms with Gasteiger partial charge in [0.25, 0.3) is 0 Å². The zero-order valence-corrected chi connectivity index (χ0v) is 20.4. The molecule has 0 heterocycles. The molecule has 2 nitrogen and oxygen atoms in total. The largest absolute Gasteiger partial charge is 0.478 e. The molecule has 0 amide bonds. The molecule has 117 valence electrons. The summed E-state index contributed by atoms with van der Waals surface area (Å²) in [5, 5.41) is 8.40. The molecule has 0 atom stereocenters. The van der Waals surface area contributed by atoms with Crippen molar-refractivity contribution in [1.29, 1.82) is 0 Å². The molecule has 0 rings (SSSR count). The van der Waals surface area contributed by atoms with E-state index < -0.39 is 5.97 Å². The van der Waals surface area contributed by atoms with E-state index in [9.17, 15) is 4.79 Å². The van der Waals surface area contributed by atoms with E-state index in [1.54, 1.807) is 6.08 Å². The predicted octanol–water partition coefficient (Wildman–Crippen LogP) is 5.50. The molecule has 0 unspecified atom stereocenters. The summed E-state index contributed by atoms with van der Waals surface area (Å²) in [6.45, 7) is 2.26. The smallest absolute Gasteiger partial charge is 0.328 e. The third-order valence-corrected chi connectivity index (χ3v) is 3.46. The normalized spacial score (nSPS) is 11.1. The Hall–Kier alpha value is 1.00. The summed E-state index contributed by atoms with van der Waals surface area (Å²) in [5.41, 5.74) is 0. The molecule has 0 aromatic carbocycles. The summed E-state index contributed by atoms with van der Waals surface area (Å²) in [6.07, 6.45) is 22.7. The minimum atomic E-state index is -0.885. The van der Waals surface area contributed by atoms with Crippen LogP contribution in [0.1, 0.15) is 84.0 Å². The molecular weight excluding hydrogens is 381 g/mol. The van der Waals surface area contributed by atoms with Gasteiger partial charge in [-0.05, 0) is 12.8 Å². The Morgan fingerprint density at radius 3 is 1.76 bits per heavy atom. The zero-order chi connectivity index (χ0) is 14.9. The minimum Gasteiger partial charge on any atom is -0.478 e. The SMILES string of the molecule is CCCCCCCCCCCCCC=CC=CC(=O)O.[Cs]. The predicted molar refractivity (Wildman–Crippen MR) is 92.7 cm³/mol. The van der Waals surface area contributed by atoms with Crippen LogP contribution in [0.3, 0.4) is 0 Å². The Bertz CT molecular complexity index is 272. The third kappa shape index (κ3) is 23.4. The van der Waals surface area contributed by atoms with Gasteiger partial charge in [-0.25, -0.2) is 4.79 Å². The molecule has 0 fully saturated rings. The number of allylic oxidation sites excluding steroid dienone is 3. The Morgan fingerprint density at radius 2 is 1.29 bits per heavy atom. The fourth-order valence-electron chi connectivity index (χ4n) is 2.24. The van der Waals surface area contributed by atoms with Gasteiger partial charge in [0.15, 0.2) is 0 Å². The molecule has 0 aromatic rings. The molecule has 0 spiro atoms. The van der Waals surface area contributed by atoms with E-state index in [1.165, 1.54) is 70.6 Å². The number of carboxylic acid groups (broad SMARTS) is 1. The minimum absolute atomic E-state index is 0. The molecule has 0 aliphatic rings. The fraction of sp³-hybridized carbons (Fsp3) is 0.722. The van der Waals surface area contributed by atoms with Gasteiger partial charge in [-0.3, -0.25) is 0 Å². The van der Waals surface area contributed by atoms with Crippen molar-refractivity contribution in [3.63, 3.8) is 0 Å². The van der Waals surface area contributed by atoms with Gasteiger partial charge in [0.05, 0.1) is 0 Å². The second-order valence-electron chi connectivity index (χ2n) is 5.45. The van der Waals surface area contributed by atoms with Gasteiger partial charge < -0.3 is 5.11 Å². The van der Waals surface area contributed by atoms with E-state index in [4.69, 9.17) is 5.11 Å². The van der Waals surface area contributed by atoms with E-state index >= 15 is 0 Å². The first kappa shape index (κ1) is 24.3. The van der Waals surface area contributed by atoms with Crippen LogP contribution >= 0.6 is 0 Å². The number of hydrogen-bond acceptors (Lipinski definition) is 1. The van der Waals surface area contributed by atoms with Crippen LogP contribution in [0.2, 0.25) is 0 Å². The van der Waals surface area contributed by atoms with Gasteiger partial charge in [0.2, 0.25) is 0 Å². The molecule has 1 radical (unpaired) electrons. The fourth-order valence-corrected chi connectivity index (χ4v) is 2.24. The summed E-state index contributed by atoms with van der Waals surface area (Å²) in [4.78, 5) is 10.2. The van der Waals surface area contributed by atoms with Crippen molar-refractivity contribution in [3.05, 3.63) is 24.3 Å². The van der Waals surface area contributed by atoms with Crippen LogP contribution < -0.4 is 0 Å². The van der Waals surface area contributed by atoms with E-state index in [2.05, 4.69) is 6.92 Å². The van der Waals surface area contributed by atoms with E-state index in [0.29, 0.717) is 0 Å². The molecule has 0 saturated heterocycles. The molecule has 1 N–H and O–H groups in total. The maximum Gasteiger partial charge on any atom is 0.328 e. The molecule has 0 aliphatic carbocycles. The van der Waals surface area contributed by atoms with Gasteiger partial charge in [0.1, 0.15) is 0 Å². The molecular formula is C18H32CsO2. The van der Waals surface area contributed by atoms with Gasteiger partial charge >= 0.3 is 5.97 Å². The van der Waals surface area contributed by atoms with Crippen LogP contribution in [0.15, 0.2) is 24.3 Å². The molecule has 0 aliphatic heterocycles. The number of carbonyl (C=O) groups is 1. The number of rotatable bonds is 14. The van der Waals surface area contributed by atoms with Crippen molar-refractivity contribution < 1.29 is 9.90 Å². The van der Waals surface area contributed by atoms with Gasteiger partial charge in [-0.15, -0.1) is 0 Å². The molecule has 0 saturated carbocycles. The summed E-state index contributed by atoms with van der Waals surface area (Å²) >= 11 is 0. The first-order chi connectivity index (χ1) is 9.77. The Balaban J connectivity index is 0. The standard InChI is InChI=1S/C18H32O2.Cs/c1-2-3-4-5-6-7-8-9-10-11-12-13-14-15-16-17-18(19)20;/h14-17H,2-13H2,1H3,(H,19,20);. The maximum absolute atomic E-state index is 10.2. The Labute approximate surface area is 190 Å². The summed E-state index contributed by atoms with van der Waals surface area (Å²) in [5.74, 6) is -0.885. The van der Waals surface area contributed by atoms with E-state index in [-0.39, 0.29) is 68.9 Å². The zero-order valence-electron chi connectivity index (χ0n) is 14.2. The third-order valence-electron chi connectivity index (χ3n) is 3.46. The van der Waals surface area contributed by atoms with Crippen LogP contribution in [0.25, 0.3) is 0 Å². The van der Waals surface area contributed by atoms with E-state index in [0.717, 1.165) is 12.5 Å². The molecule has 3 heteroatoms. The van der Waals surface area contributed by atoms with Crippen molar-refractivity contribution in [2.75, 3.05) is 0 Å². The van der Waals surface area contributed by atoms with E-state index in [1.807, 2.05) is 12.2 Å². The maximum atomic E-state index is 10.2. The number of unbranched alkanes of at least 4 members (excludes halogenated alkanes) is 11. The molecule has 0 bridgehead atoms. The van der Waals surface area contributed by atoms with Crippen LogP contribution in [0.5, 0.6) is 0 Å². The van der Waals surface area contributed by atoms with Crippen molar-refractivity contribution in [2.24, 2.45) is 0 Å². The average Bonchev–Trinajstić information content (AvgIpc) is 2.43. The molecule has 0 aromatic heterocycles. The van der Waals surface area contributed by atoms with Crippen molar-refractivity contribution in [1.82, 2.24) is 0 Å². The van der Waals surface area contributed by atoms with Crippen LogP contribution in [-0.2, 0) is 4.79 Å². The van der Waals surface area contributed by atoms with Crippen LogP contribution in [0.4, 0.5) is 0 Å². The van der Waals surface area contributed by atoms with Crippen molar-refractivity contribution in [3.8, 4) is 0 Å². The van der Waals surface area contributed by atoms with Gasteiger partial charge in [-0.1, -0.05) is 89.4 Å².